The first kappa shape index (κ1) is 28.6. The fourth-order valence-electron chi connectivity index (χ4n) is 6.52. The Hall–Kier alpha value is -6.65. The van der Waals surface area contributed by atoms with Gasteiger partial charge in [0.2, 0.25) is 0 Å². The van der Waals surface area contributed by atoms with Crippen molar-refractivity contribution in [2.75, 3.05) is 0 Å². The van der Waals surface area contributed by atoms with Crippen molar-refractivity contribution < 1.29 is 4.42 Å². The minimum Gasteiger partial charge on any atom is -0.455 e. The summed E-state index contributed by atoms with van der Waals surface area (Å²) in [5.74, 6) is 1.78. The summed E-state index contributed by atoms with van der Waals surface area (Å²) in [5.41, 5.74) is 11.2. The van der Waals surface area contributed by atoms with E-state index in [-0.39, 0.29) is 0 Å². The zero-order valence-electron chi connectivity index (χ0n) is 26.5. The Labute approximate surface area is 284 Å². The lowest BCUT2D eigenvalue weighted by Gasteiger charge is -2.10. The molecule has 0 fully saturated rings. The van der Waals surface area contributed by atoms with Gasteiger partial charge in [-0.3, -0.25) is 0 Å². The Kier molecular flexibility index (Phi) is 7.10. The summed E-state index contributed by atoms with van der Waals surface area (Å²) < 4.78 is 6.59. The Morgan fingerprint density at radius 3 is 1.33 bits per heavy atom. The molecule has 0 aliphatic carbocycles. The van der Waals surface area contributed by atoms with Gasteiger partial charge in [0, 0.05) is 21.9 Å². The number of rotatable bonds is 6. The summed E-state index contributed by atoms with van der Waals surface area (Å²) in [5, 5.41) is 2.10. The van der Waals surface area contributed by atoms with Crippen LogP contribution in [0.25, 0.3) is 89.5 Å². The highest BCUT2D eigenvalue weighted by molar-refractivity contribution is 6.15. The van der Waals surface area contributed by atoms with Crippen molar-refractivity contribution in [3.8, 4) is 67.5 Å². The third-order valence-corrected chi connectivity index (χ3v) is 8.98. The fourth-order valence-corrected chi connectivity index (χ4v) is 6.52. The standard InChI is InChI=1S/C45H29N3O/c1-4-12-30(13-5-1)31-22-24-32(25-23-31)33-26-28-36(29-27-33)44-46-43(35-16-8-3-9-17-35)47-45(48-44)39-20-10-19-38-41-37(34-14-6-2-7-15-34)18-11-21-40(41)49-42(38)39/h1-29H. The zero-order chi connectivity index (χ0) is 32.6. The Balaban J connectivity index is 1.14. The fraction of sp³-hybridized carbons (Fsp3) is 0. The normalized spacial score (nSPS) is 11.3. The lowest BCUT2D eigenvalue weighted by Crippen LogP contribution is -2.00. The Bertz CT molecular complexity index is 2560. The molecule has 4 heteroatoms. The van der Waals surface area contributed by atoms with Crippen LogP contribution in [0.2, 0.25) is 0 Å². The molecule has 0 spiro atoms. The zero-order valence-corrected chi connectivity index (χ0v) is 26.5. The Morgan fingerprint density at radius 2 is 0.735 bits per heavy atom. The van der Waals surface area contributed by atoms with E-state index in [1.54, 1.807) is 0 Å². The molecule has 9 rings (SSSR count). The SMILES string of the molecule is c1ccc(-c2ccc(-c3ccc(-c4nc(-c5ccccc5)nc(-c5cccc6c5oc5cccc(-c7ccccc7)c56)n4)cc3)cc2)cc1. The van der Waals surface area contributed by atoms with Gasteiger partial charge in [0.1, 0.15) is 11.2 Å². The number of aromatic nitrogens is 3. The van der Waals surface area contributed by atoms with Crippen molar-refractivity contribution >= 4 is 21.9 Å². The van der Waals surface area contributed by atoms with Crippen LogP contribution in [0, 0.1) is 0 Å². The molecule has 49 heavy (non-hydrogen) atoms. The minimum absolute atomic E-state index is 0.565. The average molecular weight is 628 g/mol. The molecule has 0 saturated carbocycles. The van der Waals surface area contributed by atoms with Crippen molar-refractivity contribution in [2.24, 2.45) is 0 Å². The van der Waals surface area contributed by atoms with Crippen molar-refractivity contribution in [2.45, 2.75) is 0 Å². The van der Waals surface area contributed by atoms with Gasteiger partial charge in [-0.2, -0.15) is 0 Å². The molecule has 2 heterocycles. The lowest BCUT2D eigenvalue weighted by molar-refractivity contribution is 0.669. The summed E-state index contributed by atoms with van der Waals surface area (Å²) in [6.07, 6.45) is 0. The maximum Gasteiger partial charge on any atom is 0.167 e. The number of para-hydroxylation sites is 1. The lowest BCUT2D eigenvalue weighted by atomic mass is 9.99. The van der Waals surface area contributed by atoms with E-state index in [0.29, 0.717) is 17.5 Å². The molecule has 4 nitrogen and oxygen atoms in total. The Morgan fingerprint density at radius 1 is 0.306 bits per heavy atom. The predicted molar refractivity (Wildman–Crippen MR) is 200 cm³/mol. The van der Waals surface area contributed by atoms with Gasteiger partial charge in [-0.25, -0.2) is 15.0 Å². The van der Waals surface area contributed by atoms with Gasteiger partial charge in [0.15, 0.2) is 17.5 Å². The van der Waals surface area contributed by atoms with Crippen LogP contribution in [0.5, 0.6) is 0 Å². The first-order chi connectivity index (χ1) is 24.3. The molecule has 230 valence electrons. The van der Waals surface area contributed by atoms with E-state index in [9.17, 15) is 0 Å². The molecule has 0 amide bonds. The number of nitrogens with zero attached hydrogens (tertiary/aromatic N) is 3. The van der Waals surface area contributed by atoms with Gasteiger partial charge in [-0.1, -0.05) is 164 Å². The van der Waals surface area contributed by atoms with Crippen LogP contribution in [0.3, 0.4) is 0 Å². The van der Waals surface area contributed by atoms with E-state index in [4.69, 9.17) is 19.4 Å². The summed E-state index contributed by atoms with van der Waals surface area (Å²) in [6.45, 7) is 0. The van der Waals surface area contributed by atoms with Crippen LogP contribution in [-0.2, 0) is 0 Å². The number of hydrogen-bond acceptors (Lipinski definition) is 4. The molecule has 0 N–H and O–H groups in total. The first-order valence-electron chi connectivity index (χ1n) is 16.4. The number of fused-ring (bicyclic) bond motifs is 3. The van der Waals surface area contributed by atoms with Gasteiger partial charge in [-0.05, 0) is 45.5 Å². The van der Waals surface area contributed by atoms with Crippen molar-refractivity contribution in [1.82, 2.24) is 15.0 Å². The molecule has 2 aromatic heterocycles. The van der Waals surface area contributed by atoms with Crippen LogP contribution in [0.4, 0.5) is 0 Å². The number of hydrogen-bond donors (Lipinski definition) is 0. The largest absolute Gasteiger partial charge is 0.455 e. The quantitative estimate of drug-likeness (QED) is 0.184. The number of furan rings is 1. The second-order valence-corrected chi connectivity index (χ2v) is 12.0. The van der Waals surface area contributed by atoms with E-state index < -0.39 is 0 Å². The highest BCUT2D eigenvalue weighted by Gasteiger charge is 2.19. The smallest absolute Gasteiger partial charge is 0.167 e. The monoisotopic (exact) mass is 627 g/mol. The van der Waals surface area contributed by atoms with Crippen LogP contribution < -0.4 is 0 Å². The van der Waals surface area contributed by atoms with E-state index in [1.165, 1.54) is 11.1 Å². The molecule has 7 aromatic carbocycles. The van der Waals surface area contributed by atoms with Crippen molar-refractivity contribution in [3.63, 3.8) is 0 Å². The van der Waals surface area contributed by atoms with Crippen molar-refractivity contribution in [3.05, 3.63) is 176 Å². The summed E-state index contributed by atoms with van der Waals surface area (Å²) in [7, 11) is 0. The third kappa shape index (κ3) is 5.35. The molecular weight excluding hydrogens is 599 g/mol. The summed E-state index contributed by atoms with van der Waals surface area (Å²) in [6, 6.07) is 60.4. The topological polar surface area (TPSA) is 51.8 Å². The van der Waals surface area contributed by atoms with Crippen LogP contribution in [0.1, 0.15) is 0 Å². The second-order valence-electron chi connectivity index (χ2n) is 12.0. The van der Waals surface area contributed by atoms with Gasteiger partial charge in [0.25, 0.3) is 0 Å². The number of benzene rings is 7. The molecule has 0 saturated heterocycles. The molecule has 0 unspecified atom stereocenters. The van der Waals surface area contributed by atoms with Crippen LogP contribution in [0.15, 0.2) is 180 Å². The van der Waals surface area contributed by atoms with Crippen LogP contribution >= 0.6 is 0 Å². The predicted octanol–water partition coefficient (Wildman–Crippen LogP) is 11.8. The van der Waals surface area contributed by atoms with Crippen molar-refractivity contribution in [1.29, 1.82) is 0 Å². The van der Waals surface area contributed by atoms with E-state index >= 15 is 0 Å². The van der Waals surface area contributed by atoms with Gasteiger partial charge in [0.05, 0.1) is 5.56 Å². The van der Waals surface area contributed by atoms with Gasteiger partial charge in [-0.15, -0.1) is 0 Å². The first-order valence-corrected chi connectivity index (χ1v) is 16.4. The maximum absolute atomic E-state index is 6.59. The summed E-state index contributed by atoms with van der Waals surface area (Å²) in [4.78, 5) is 15.1. The molecule has 0 bridgehead atoms. The molecule has 0 radical (unpaired) electrons. The van der Waals surface area contributed by atoms with E-state index in [2.05, 4.69) is 115 Å². The average Bonchev–Trinajstić information content (AvgIpc) is 3.58. The molecular formula is C45H29N3O. The van der Waals surface area contributed by atoms with E-state index in [0.717, 1.165) is 60.9 Å². The van der Waals surface area contributed by atoms with E-state index in [1.807, 2.05) is 60.7 Å². The minimum atomic E-state index is 0.565. The second kappa shape index (κ2) is 12.2. The maximum atomic E-state index is 6.59. The molecule has 0 aliphatic heterocycles. The van der Waals surface area contributed by atoms with Crippen LogP contribution in [-0.4, -0.2) is 15.0 Å². The summed E-state index contributed by atoms with van der Waals surface area (Å²) >= 11 is 0. The third-order valence-electron chi connectivity index (χ3n) is 8.98. The highest BCUT2D eigenvalue weighted by atomic mass is 16.3. The molecule has 0 atom stereocenters. The molecule has 0 aliphatic rings. The van der Waals surface area contributed by atoms with Gasteiger partial charge >= 0.3 is 0 Å². The molecule has 9 aromatic rings. The highest BCUT2D eigenvalue weighted by Crippen LogP contribution is 2.40. The van der Waals surface area contributed by atoms with Gasteiger partial charge < -0.3 is 4.42 Å².